The number of carboxylic acid groups (broad SMARTS) is 1. The van der Waals surface area contributed by atoms with Crippen molar-refractivity contribution in [1.29, 1.82) is 0 Å². The van der Waals surface area contributed by atoms with Gasteiger partial charge in [-0.2, -0.15) is 0 Å². The molecular weight excluding hydrogens is 250 g/mol. The van der Waals surface area contributed by atoms with Crippen molar-refractivity contribution in [2.75, 3.05) is 6.54 Å². The molecule has 4 unspecified atom stereocenters. The van der Waals surface area contributed by atoms with Crippen LogP contribution in [0.1, 0.15) is 65.7 Å². The van der Waals surface area contributed by atoms with E-state index in [9.17, 15) is 9.90 Å². The monoisotopic (exact) mass is 281 g/mol. The van der Waals surface area contributed by atoms with Gasteiger partial charge in [-0.15, -0.1) is 0 Å². The van der Waals surface area contributed by atoms with Crippen LogP contribution in [0.25, 0.3) is 0 Å². The van der Waals surface area contributed by atoms with E-state index in [0.717, 1.165) is 31.7 Å². The second kappa shape index (κ2) is 6.46. The van der Waals surface area contributed by atoms with Crippen molar-refractivity contribution in [2.45, 2.75) is 71.8 Å². The molecule has 0 amide bonds. The summed E-state index contributed by atoms with van der Waals surface area (Å²) in [4.78, 5) is 11.3. The summed E-state index contributed by atoms with van der Waals surface area (Å²) in [6.07, 6.45) is 8.01. The molecule has 3 heteroatoms. The van der Waals surface area contributed by atoms with E-state index in [4.69, 9.17) is 0 Å². The summed E-state index contributed by atoms with van der Waals surface area (Å²) in [5.41, 5.74) is 0.425. The highest BCUT2D eigenvalue weighted by atomic mass is 16.4. The molecule has 2 aliphatic rings. The Bertz CT molecular complexity index is 340. The number of nitrogens with one attached hydrogen (secondary N) is 1. The van der Waals surface area contributed by atoms with Gasteiger partial charge in [0.2, 0.25) is 0 Å². The molecule has 2 fully saturated rings. The Kier molecular flexibility index (Phi) is 5.11. The van der Waals surface area contributed by atoms with E-state index < -0.39 is 5.97 Å². The van der Waals surface area contributed by atoms with Gasteiger partial charge in [0, 0.05) is 6.04 Å². The Hall–Kier alpha value is -0.570. The van der Waals surface area contributed by atoms with Gasteiger partial charge in [-0.1, -0.05) is 33.6 Å². The highest BCUT2D eigenvalue weighted by Gasteiger charge is 2.34. The molecular formula is C17H31NO2. The number of carboxylic acids is 1. The minimum absolute atomic E-state index is 0.120. The minimum atomic E-state index is -0.589. The summed E-state index contributed by atoms with van der Waals surface area (Å²) in [5, 5.41) is 13.0. The van der Waals surface area contributed by atoms with Gasteiger partial charge < -0.3 is 10.4 Å². The SMILES string of the molecule is CC1CC(NCC2CCCCC2C(=O)O)CC(C)(C)C1. The molecule has 3 nitrogen and oxygen atoms in total. The maximum Gasteiger partial charge on any atom is 0.306 e. The van der Waals surface area contributed by atoms with Crippen molar-refractivity contribution >= 4 is 5.97 Å². The van der Waals surface area contributed by atoms with Crippen molar-refractivity contribution < 1.29 is 9.90 Å². The van der Waals surface area contributed by atoms with Crippen LogP contribution in [0, 0.1) is 23.2 Å². The molecule has 0 heterocycles. The second-order valence-electron chi connectivity index (χ2n) is 8.01. The van der Waals surface area contributed by atoms with E-state index in [2.05, 4.69) is 26.1 Å². The summed E-state index contributed by atoms with van der Waals surface area (Å²) in [7, 11) is 0. The first kappa shape index (κ1) is 15.8. The number of carbonyl (C=O) groups is 1. The van der Waals surface area contributed by atoms with Gasteiger partial charge >= 0.3 is 5.97 Å². The van der Waals surface area contributed by atoms with Gasteiger partial charge in [-0.05, 0) is 55.9 Å². The van der Waals surface area contributed by atoms with Crippen LogP contribution < -0.4 is 5.32 Å². The van der Waals surface area contributed by atoms with E-state index in [1.807, 2.05) is 0 Å². The Labute approximate surface area is 123 Å². The van der Waals surface area contributed by atoms with Gasteiger partial charge in [-0.25, -0.2) is 0 Å². The molecule has 0 radical (unpaired) electrons. The van der Waals surface area contributed by atoms with Crippen LogP contribution in [0.4, 0.5) is 0 Å². The number of hydrogen-bond donors (Lipinski definition) is 2. The summed E-state index contributed by atoms with van der Waals surface area (Å²) in [6.45, 7) is 7.96. The Balaban J connectivity index is 1.85. The first-order chi connectivity index (χ1) is 9.37. The van der Waals surface area contributed by atoms with Crippen molar-refractivity contribution in [3.05, 3.63) is 0 Å². The highest BCUT2D eigenvalue weighted by Crippen LogP contribution is 2.39. The van der Waals surface area contributed by atoms with E-state index in [1.54, 1.807) is 0 Å². The van der Waals surface area contributed by atoms with Crippen molar-refractivity contribution in [1.82, 2.24) is 5.32 Å². The van der Waals surface area contributed by atoms with Gasteiger partial charge in [0.15, 0.2) is 0 Å². The third-order valence-electron chi connectivity index (χ3n) is 5.28. The van der Waals surface area contributed by atoms with Gasteiger partial charge in [0.25, 0.3) is 0 Å². The molecule has 20 heavy (non-hydrogen) atoms. The predicted molar refractivity (Wildman–Crippen MR) is 81.7 cm³/mol. The van der Waals surface area contributed by atoms with Gasteiger partial charge in [0.05, 0.1) is 5.92 Å². The van der Waals surface area contributed by atoms with Crippen LogP contribution in [-0.4, -0.2) is 23.7 Å². The number of hydrogen-bond acceptors (Lipinski definition) is 2. The van der Waals surface area contributed by atoms with Gasteiger partial charge in [-0.3, -0.25) is 4.79 Å². The zero-order valence-electron chi connectivity index (χ0n) is 13.3. The molecule has 2 aliphatic carbocycles. The molecule has 0 bridgehead atoms. The van der Waals surface area contributed by atoms with E-state index in [0.29, 0.717) is 17.4 Å². The highest BCUT2D eigenvalue weighted by molar-refractivity contribution is 5.70. The lowest BCUT2D eigenvalue weighted by Gasteiger charge is -2.40. The fraction of sp³-hybridized carbons (Fsp3) is 0.941. The van der Waals surface area contributed by atoms with Crippen LogP contribution in [0.3, 0.4) is 0 Å². The fourth-order valence-corrected chi connectivity index (χ4v) is 4.60. The third kappa shape index (κ3) is 4.21. The molecule has 0 aliphatic heterocycles. The molecule has 2 N–H and O–H groups in total. The van der Waals surface area contributed by atoms with E-state index in [-0.39, 0.29) is 5.92 Å². The summed E-state index contributed by atoms with van der Waals surface area (Å²) in [5.74, 6) is 0.401. The second-order valence-corrected chi connectivity index (χ2v) is 8.01. The first-order valence-electron chi connectivity index (χ1n) is 8.33. The first-order valence-corrected chi connectivity index (χ1v) is 8.33. The maximum atomic E-state index is 11.3. The van der Waals surface area contributed by atoms with Crippen LogP contribution in [0.5, 0.6) is 0 Å². The summed E-state index contributed by atoms with van der Waals surface area (Å²) < 4.78 is 0. The Morgan fingerprint density at radius 1 is 1.25 bits per heavy atom. The van der Waals surface area contributed by atoms with Crippen molar-refractivity contribution in [3.63, 3.8) is 0 Å². The molecule has 0 aromatic carbocycles. The standard InChI is InChI=1S/C17H31NO2/c1-12-8-14(10-17(2,3)9-12)18-11-13-6-4-5-7-15(13)16(19)20/h12-15,18H,4-11H2,1-3H3,(H,19,20). The molecule has 0 spiro atoms. The Morgan fingerprint density at radius 3 is 2.60 bits per heavy atom. The van der Waals surface area contributed by atoms with Crippen LogP contribution in [-0.2, 0) is 4.79 Å². The van der Waals surface area contributed by atoms with Crippen LogP contribution in [0.2, 0.25) is 0 Å². The maximum absolute atomic E-state index is 11.3. The van der Waals surface area contributed by atoms with E-state index >= 15 is 0 Å². The van der Waals surface area contributed by atoms with Gasteiger partial charge in [0.1, 0.15) is 0 Å². The Morgan fingerprint density at radius 2 is 1.95 bits per heavy atom. The lowest BCUT2D eigenvalue weighted by atomic mass is 9.70. The summed E-state index contributed by atoms with van der Waals surface area (Å²) in [6, 6.07) is 0.574. The number of rotatable bonds is 4. The van der Waals surface area contributed by atoms with Crippen molar-refractivity contribution in [2.24, 2.45) is 23.2 Å². The predicted octanol–water partition coefficient (Wildman–Crippen LogP) is 3.68. The molecule has 2 rings (SSSR count). The van der Waals surface area contributed by atoms with Crippen LogP contribution in [0.15, 0.2) is 0 Å². The zero-order chi connectivity index (χ0) is 14.8. The molecule has 0 aromatic heterocycles. The van der Waals surface area contributed by atoms with Crippen molar-refractivity contribution in [3.8, 4) is 0 Å². The lowest BCUT2D eigenvalue weighted by molar-refractivity contribution is -0.144. The molecule has 4 atom stereocenters. The quantitative estimate of drug-likeness (QED) is 0.826. The molecule has 2 saturated carbocycles. The normalized spacial score (nSPS) is 37.5. The largest absolute Gasteiger partial charge is 0.481 e. The minimum Gasteiger partial charge on any atom is -0.481 e. The smallest absolute Gasteiger partial charge is 0.306 e. The average molecular weight is 281 g/mol. The lowest BCUT2D eigenvalue weighted by Crippen LogP contribution is -2.44. The topological polar surface area (TPSA) is 49.3 Å². The zero-order valence-corrected chi connectivity index (χ0v) is 13.3. The third-order valence-corrected chi connectivity index (χ3v) is 5.28. The molecule has 116 valence electrons. The average Bonchev–Trinajstić information content (AvgIpc) is 2.34. The number of aliphatic carboxylic acids is 1. The summed E-state index contributed by atoms with van der Waals surface area (Å²) >= 11 is 0. The molecule has 0 aromatic rings. The molecule has 0 saturated heterocycles. The van der Waals surface area contributed by atoms with Crippen LogP contribution >= 0.6 is 0 Å². The fourth-order valence-electron chi connectivity index (χ4n) is 4.60. The van der Waals surface area contributed by atoms with E-state index in [1.165, 1.54) is 25.7 Å².